The molecule has 9 heteroatoms. The number of hydrogen-bond acceptors (Lipinski definition) is 7. The predicted molar refractivity (Wildman–Crippen MR) is 95.2 cm³/mol. The van der Waals surface area contributed by atoms with Crippen LogP contribution in [0.5, 0.6) is 0 Å². The number of fused-ring (bicyclic) bond motifs is 1. The van der Waals surface area contributed by atoms with Crippen molar-refractivity contribution in [1.82, 2.24) is 9.96 Å². The SMILES string of the molecule is C[C@@H]1CN(C(=O)OC(C)(C)C)C[C@H](C(=O)ON2C(=O)c3ccccc3C2=O)O1. The molecule has 9 nitrogen and oxygen atoms in total. The molecule has 2 aliphatic heterocycles. The van der Waals surface area contributed by atoms with Crippen molar-refractivity contribution in [2.24, 2.45) is 0 Å². The summed E-state index contributed by atoms with van der Waals surface area (Å²) in [4.78, 5) is 55.8. The summed E-state index contributed by atoms with van der Waals surface area (Å²) >= 11 is 0. The minimum Gasteiger partial charge on any atom is -0.444 e. The van der Waals surface area contributed by atoms with Crippen molar-refractivity contribution in [3.63, 3.8) is 0 Å². The van der Waals surface area contributed by atoms with E-state index >= 15 is 0 Å². The first-order chi connectivity index (χ1) is 13.1. The van der Waals surface area contributed by atoms with Crippen molar-refractivity contribution in [2.45, 2.75) is 45.5 Å². The van der Waals surface area contributed by atoms with Crippen LogP contribution in [0.25, 0.3) is 0 Å². The fourth-order valence-electron chi connectivity index (χ4n) is 2.96. The molecule has 2 heterocycles. The van der Waals surface area contributed by atoms with Crippen LogP contribution < -0.4 is 0 Å². The molecule has 1 saturated heterocycles. The number of hydrogen-bond donors (Lipinski definition) is 0. The third kappa shape index (κ3) is 3.99. The minimum absolute atomic E-state index is 0.110. The molecule has 2 aliphatic rings. The van der Waals surface area contributed by atoms with Crippen molar-refractivity contribution < 1.29 is 33.5 Å². The zero-order valence-corrected chi connectivity index (χ0v) is 16.1. The number of benzene rings is 1. The lowest BCUT2D eigenvalue weighted by atomic mass is 10.1. The topological polar surface area (TPSA) is 102 Å². The van der Waals surface area contributed by atoms with E-state index in [1.165, 1.54) is 17.0 Å². The molecule has 0 spiro atoms. The molecule has 1 aromatic rings. The van der Waals surface area contributed by atoms with E-state index in [4.69, 9.17) is 14.3 Å². The largest absolute Gasteiger partial charge is 0.444 e. The number of morpholine rings is 1. The third-order valence-electron chi connectivity index (χ3n) is 4.11. The van der Waals surface area contributed by atoms with Gasteiger partial charge in [0, 0.05) is 0 Å². The molecule has 0 radical (unpaired) electrons. The lowest BCUT2D eigenvalue weighted by Gasteiger charge is -2.36. The lowest BCUT2D eigenvalue weighted by Crippen LogP contribution is -2.54. The first kappa shape index (κ1) is 19.8. The van der Waals surface area contributed by atoms with Gasteiger partial charge in [0.25, 0.3) is 11.8 Å². The molecule has 3 rings (SSSR count). The Kier molecular flexibility index (Phi) is 5.12. The summed E-state index contributed by atoms with van der Waals surface area (Å²) in [6.45, 7) is 7.04. The van der Waals surface area contributed by atoms with Gasteiger partial charge in [0.1, 0.15) is 5.60 Å². The molecule has 0 N–H and O–H groups in total. The van der Waals surface area contributed by atoms with Crippen LogP contribution in [0.2, 0.25) is 0 Å². The van der Waals surface area contributed by atoms with E-state index in [-0.39, 0.29) is 24.2 Å². The Morgan fingerprint density at radius 1 is 1.07 bits per heavy atom. The highest BCUT2D eigenvalue weighted by Gasteiger charge is 2.42. The van der Waals surface area contributed by atoms with Gasteiger partial charge in [-0.1, -0.05) is 17.2 Å². The fraction of sp³-hybridized carbons (Fsp3) is 0.474. The zero-order valence-electron chi connectivity index (χ0n) is 16.1. The van der Waals surface area contributed by atoms with Crippen molar-refractivity contribution >= 4 is 23.9 Å². The van der Waals surface area contributed by atoms with Gasteiger partial charge in [-0.2, -0.15) is 0 Å². The van der Waals surface area contributed by atoms with Gasteiger partial charge in [-0.15, -0.1) is 0 Å². The smallest absolute Gasteiger partial charge is 0.410 e. The molecule has 0 bridgehead atoms. The standard InChI is InChI=1S/C19H22N2O7/c1-11-9-20(18(25)27-19(2,3)4)10-14(26-11)17(24)28-21-15(22)12-7-5-6-8-13(12)16(21)23/h5-8,11,14H,9-10H2,1-4H3/t11-,14-/m1/s1. The van der Waals surface area contributed by atoms with Gasteiger partial charge in [-0.3, -0.25) is 9.59 Å². The predicted octanol–water partition coefficient (Wildman–Crippen LogP) is 1.77. The van der Waals surface area contributed by atoms with E-state index in [0.717, 1.165) is 0 Å². The van der Waals surface area contributed by atoms with Crippen LogP contribution >= 0.6 is 0 Å². The number of hydroxylamine groups is 2. The van der Waals surface area contributed by atoms with Crippen molar-refractivity contribution in [3.8, 4) is 0 Å². The quantitative estimate of drug-likeness (QED) is 0.709. The van der Waals surface area contributed by atoms with Crippen LogP contribution in [0.3, 0.4) is 0 Å². The highest BCUT2D eigenvalue weighted by atomic mass is 16.7. The van der Waals surface area contributed by atoms with Crippen LogP contribution in [-0.4, -0.2) is 64.7 Å². The Balaban J connectivity index is 1.68. The van der Waals surface area contributed by atoms with Gasteiger partial charge >= 0.3 is 12.1 Å². The maximum atomic E-state index is 12.5. The summed E-state index contributed by atoms with van der Waals surface area (Å²) in [5.41, 5.74) is -0.364. The third-order valence-corrected chi connectivity index (χ3v) is 4.11. The summed E-state index contributed by atoms with van der Waals surface area (Å²) < 4.78 is 10.9. The molecule has 0 saturated carbocycles. The Morgan fingerprint density at radius 3 is 2.18 bits per heavy atom. The van der Waals surface area contributed by atoms with Crippen LogP contribution in [-0.2, 0) is 19.1 Å². The molecule has 2 atom stereocenters. The molecule has 1 aromatic carbocycles. The van der Waals surface area contributed by atoms with Crippen molar-refractivity contribution in [3.05, 3.63) is 35.4 Å². The van der Waals surface area contributed by atoms with E-state index < -0.39 is 41.7 Å². The number of carbonyl (C=O) groups is 4. The maximum Gasteiger partial charge on any atom is 0.410 e. The summed E-state index contributed by atoms with van der Waals surface area (Å²) in [5.74, 6) is -2.38. The second-order valence-electron chi connectivity index (χ2n) is 7.68. The van der Waals surface area contributed by atoms with Crippen molar-refractivity contribution in [2.75, 3.05) is 13.1 Å². The molecule has 150 valence electrons. The summed E-state index contributed by atoms with van der Waals surface area (Å²) in [7, 11) is 0. The fourth-order valence-corrected chi connectivity index (χ4v) is 2.96. The molecule has 3 amide bonds. The maximum absolute atomic E-state index is 12.5. The Bertz CT molecular complexity index is 795. The average molecular weight is 390 g/mol. The molecular weight excluding hydrogens is 368 g/mol. The number of amides is 3. The Hall–Kier alpha value is -2.94. The van der Waals surface area contributed by atoms with E-state index in [2.05, 4.69) is 0 Å². The van der Waals surface area contributed by atoms with E-state index in [0.29, 0.717) is 5.06 Å². The molecule has 1 fully saturated rings. The van der Waals surface area contributed by atoms with Gasteiger partial charge in [0.05, 0.1) is 30.3 Å². The highest BCUT2D eigenvalue weighted by molar-refractivity contribution is 6.20. The molecule has 0 aromatic heterocycles. The van der Waals surface area contributed by atoms with Gasteiger partial charge < -0.3 is 19.2 Å². The van der Waals surface area contributed by atoms with Crippen LogP contribution in [0.15, 0.2) is 24.3 Å². The summed E-state index contributed by atoms with van der Waals surface area (Å²) in [6.07, 6.45) is -2.19. The van der Waals surface area contributed by atoms with Crippen LogP contribution in [0.1, 0.15) is 48.4 Å². The van der Waals surface area contributed by atoms with Crippen molar-refractivity contribution in [1.29, 1.82) is 0 Å². The monoisotopic (exact) mass is 390 g/mol. The van der Waals surface area contributed by atoms with E-state index in [1.54, 1.807) is 39.8 Å². The second kappa shape index (κ2) is 7.23. The number of nitrogens with zero attached hydrogens (tertiary/aromatic N) is 2. The van der Waals surface area contributed by atoms with Gasteiger partial charge in [-0.05, 0) is 39.8 Å². The van der Waals surface area contributed by atoms with Gasteiger partial charge in [-0.25, -0.2) is 9.59 Å². The van der Waals surface area contributed by atoms with Gasteiger partial charge in [0.2, 0.25) is 0 Å². The van der Waals surface area contributed by atoms with E-state index in [1.807, 2.05) is 0 Å². The molecule has 0 unspecified atom stereocenters. The van der Waals surface area contributed by atoms with Crippen LogP contribution in [0, 0.1) is 0 Å². The average Bonchev–Trinajstić information content (AvgIpc) is 2.85. The van der Waals surface area contributed by atoms with Gasteiger partial charge in [0.15, 0.2) is 6.10 Å². The first-order valence-electron chi connectivity index (χ1n) is 8.90. The molecular formula is C19H22N2O7. The summed E-state index contributed by atoms with van der Waals surface area (Å²) in [5, 5.41) is 0.424. The lowest BCUT2D eigenvalue weighted by molar-refractivity contribution is -0.190. The minimum atomic E-state index is -1.15. The second-order valence-corrected chi connectivity index (χ2v) is 7.68. The normalized spacial score (nSPS) is 22.1. The number of carbonyl (C=O) groups excluding carboxylic acids is 4. The van der Waals surface area contributed by atoms with Crippen LogP contribution in [0.4, 0.5) is 4.79 Å². The Morgan fingerprint density at radius 2 is 1.64 bits per heavy atom. The number of rotatable bonds is 2. The van der Waals surface area contributed by atoms with E-state index in [9.17, 15) is 19.2 Å². The summed E-state index contributed by atoms with van der Waals surface area (Å²) in [6, 6.07) is 6.18. The number of imide groups is 1. The first-order valence-corrected chi connectivity index (χ1v) is 8.90. The molecule has 28 heavy (non-hydrogen) atoms. The zero-order chi connectivity index (χ0) is 20.6. The number of ether oxygens (including phenoxy) is 2. The Labute approximate surface area is 162 Å². The molecule has 0 aliphatic carbocycles. The highest BCUT2D eigenvalue weighted by Crippen LogP contribution is 2.24.